The molecule has 2 amide bonds. The van der Waals surface area contributed by atoms with Gasteiger partial charge in [0.1, 0.15) is 0 Å². The number of hydrogen-bond donors (Lipinski definition) is 3. The average Bonchev–Trinajstić information content (AvgIpc) is 3.28. The number of hydrogen-bond acceptors (Lipinski definition) is 9. The van der Waals surface area contributed by atoms with Gasteiger partial charge >= 0.3 is 0 Å². The van der Waals surface area contributed by atoms with Crippen LogP contribution in [0, 0.1) is 5.92 Å². The SMILES string of the molecule is COCCCNCCC(=O)Nc1cccc(NC2=N\CC3=C(/C=C\C/C=N\2)SC(C(=O)N2CCOCC2)[C@H]3C)c1. The van der Waals surface area contributed by atoms with Gasteiger partial charge in [-0.3, -0.25) is 9.59 Å². The maximum atomic E-state index is 13.3. The summed E-state index contributed by atoms with van der Waals surface area (Å²) in [7, 11) is 1.68. The van der Waals surface area contributed by atoms with Crippen LogP contribution in [0.2, 0.25) is 0 Å². The van der Waals surface area contributed by atoms with Crippen molar-refractivity contribution in [3.8, 4) is 0 Å². The van der Waals surface area contributed by atoms with Crippen LogP contribution in [0.3, 0.4) is 0 Å². The molecule has 3 heterocycles. The molecule has 0 bridgehead atoms. The van der Waals surface area contributed by atoms with Crippen molar-refractivity contribution < 1.29 is 19.1 Å². The van der Waals surface area contributed by atoms with Gasteiger partial charge in [0.15, 0.2) is 0 Å². The van der Waals surface area contributed by atoms with Crippen LogP contribution in [0.25, 0.3) is 0 Å². The van der Waals surface area contributed by atoms with Gasteiger partial charge in [-0.1, -0.05) is 25.1 Å². The van der Waals surface area contributed by atoms with Crippen molar-refractivity contribution in [1.29, 1.82) is 0 Å². The van der Waals surface area contributed by atoms with E-state index in [9.17, 15) is 9.59 Å². The quantitative estimate of drug-likeness (QED) is 0.371. The average molecular weight is 569 g/mol. The third kappa shape index (κ3) is 8.76. The summed E-state index contributed by atoms with van der Waals surface area (Å²) in [6, 6.07) is 7.53. The number of carbonyl (C=O) groups excluding carboxylic acids is 2. The first-order valence-corrected chi connectivity index (χ1v) is 14.8. The van der Waals surface area contributed by atoms with Gasteiger partial charge in [-0.2, -0.15) is 0 Å². The van der Waals surface area contributed by atoms with Crippen molar-refractivity contribution in [2.45, 2.75) is 31.4 Å². The van der Waals surface area contributed by atoms with Gasteiger partial charge in [0.25, 0.3) is 0 Å². The molecule has 0 aromatic heterocycles. The normalized spacial score (nSPS) is 24.1. The number of nitrogens with one attached hydrogen (secondary N) is 3. The number of rotatable bonds is 10. The third-order valence-electron chi connectivity index (χ3n) is 6.90. The summed E-state index contributed by atoms with van der Waals surface area (Å²) in [6.45, 7) is 7.19. The van der Waals surface area contributed by atoms with E-state index in [0.29, 0.717) is 70.5 Å². The highest BCUT2D eigenvalue weighted by atomic mass is 32.2. The first-order chi connectivity index (χ1) is 19.5. The summed E-state index contributed by atoms with van der Waals surface area (Å²) in [5.74, 6) is 0.689. The minimum atomic E-state index is -0.151. The van der Waals surface area contributed by atoms with Crippen LogP contribution < -0.4 is 16.0 Å². The monoisotopic (exact) mass is 568 g/mol. The van der Waals surface area contributed by atoms with E-state index in [-0.39, 0.29) is 23.0 Å². The largest absolute Gasteiger partial charge is 0.385 e. The zero-order valence-corrected chi connectivity index (χ0v) is 24.2. The third-order valence-corrected chi connectivity index (χ3v) is 8.41. The lowest BCUT2D eigenvalue weighted by atomic mass is 9.96. The number of carbonyl (C=O) groups is 2. The van der Waals surface area contributed by atoms with Gasteiger partial charge < -0.3 is 30.3 Å². The van der Waals surface area contributed by atoms with Gasteiger partial charge in [-0.25, -0.2) is 9.98 Å². The predicted molar refractivity (Wildman–Crippen MR) is 162 cm³/mol. The van der Waals surface area contributed by atoms with Crippen molar-refractivity contribution >= 4 is 47.1 Å². The van der Waals surface area contributed by atoms with Gasteiger partial charge in [0.2, 0.25) is 17.8 Å². The lowest BCUT2D eigenvalue weighted by Gasteiger charge is -2.30. The molecular formula is C29H40N6O4S. The smallest absolute Gasteiger partial charge is 0.236 e. The number of amides is 2. The number of allylic oxidation sites excluding steroid dienone is 2. The molecule has 3 N–H and O–H groups in total. The Bertz CT molecular complexity index is 1150. The second-order valence-electron chi connectivity index (χ2n) is 9.84. The Kier molecular flexibility index (Phi) is 11.8. The molecule has 1 aromatic rings. The molecule has 0 radical (unpaired) electrons. The molecule has 1 unspecified atom stereocenters. The molecule has 1 saturated heterocycles. The van der Waals surface area contributed by atoms with Crippen molar-refractivity contribution in [2.24, 2.45) is 15.9 Å². The van der Waals surface area contributed by atoms with E-state index >= 15 is 0 Å². The topological polar surface area (TPSA) is 117 Å². The van der Waals surface area contributed by atoms with Gasteiger partial charge in [0, 0.05) is 74.6 Å². The van der Waals surface area contributed by atoms with E-state index in [0.717, 1.165) is 29.1 Å². The Hall–Kier alpha value is -2.99. The Morgan fingerprint density at radius 1 is 1.20 bits per heavy atom. The van der Waals surface area contributed by atoms with Crippen LogP contribution in [0.15, 0.2) is 56.9 Å². The number of aliphatic imine (C=N–C) groups is 2. The lowest BCUT2D eigenvalue weighted by molar-refractivity contribution is -0.135. The fraction of sp³-hybridized carbons (Fsp3) is 0.517. The van der Waals surface area contributed by atoms with Gasteiger partial charge in [-0.15, -0.1) is 11.8 Å². The molecule has 2 atom stereocenters. The lowest BCUT2D eigenvalue weighted by Crippen LogP contribution is -2.45. The minimum Gasteiger partial charge on any atom is -0.385 e. The molecule has 0 saturated carbocycles. The van der Waals surface area contributed by atoms with E-state index < -0.39 is 0 Å². The number of thioether (sulfide) groups is 1. The minimum absolute atomic E-state index is 0.0504. The predicted octanol–water partition coefficient (Wildman–Crippen LogP) is 3.30. The van der Waals surface area contributed by atoms with Crippen LogP contribution in [-0.2, 0) is 19.1 Å². The number of guanidine groups is 1. The van der Waals surface area contributed by atoms with Gasteiger partial charge in [0.05, 0.1) is 25.0 Å². The summed E-state index contributed by atoms with van der Waals surface area (Å²) >= 11 is 1.64. The molecule has 0 spiro atoms. The fourth-order valence-electron chi connectivity index (χ4n) is 4.66. The fourth-order valence-corrected chi connectivity index (χ4v) is 6.13. The Morgan fingerprint density at radius 2 is 2.02 bits per heavy atom. The molecule has 40 heavy (non-hydrogen) atoms. The van der Waals surface area contributed by atoms with Crippen LogP contribution in [0.1, 0.15) is 26.2 Å². The van der Waals surface area contributed by atoms with E-state index in [1.807, 2.05) is 35.4 Å². The zero-order chi connectivity index (χ0) is 28.2. The van der Waals surface area contributed by atoms with E-state index in [1.165, 1.54) is 0 Å². The molecule has 3 aliphatic heterocycles. The second-order valence-corrected chi connectivity index (χ2v) is 11.0. The second kappa shape index (κ2) is 15.7. The highest BCUT2D eigenvalue weighted by molar-refractivity contribution is 8.04. The van der Waals surface area contributed by atoms with Crippen molar-refractivity contribution in [3.63, 3.8) is 0 Å². The number of methoxy groups -OCH3 is 1. The summed E-state index contributed by atoms with van der Waals surface area (Å²) in [6.07, 6.45) is 7.95. The molecule has 1 aromatic carbocycles. The highest BCUT2D eigenvalue weighted by Gasteiger charge is 2.38. The summed E-state index contributed by atoms with van der Waals surface area (Å²) in [5, 5.41) is 9.35. The first-order valence-electron chi connectivity index (χ1n) is 13.9. The molecule has 216 valence electrons. The zero-order valence-electron chi connectivity index (χ0n) is 23.4. The number of morpholine rings is 1. The molecule has 10 nitrogen and oxygen atoms in total. The molecule has 0 aliphatic carbocycles. The van der Waals surface area contributed by atoms with Crippen molar-refractivity contribution in [1.82, 2.24) is 10.2 Å². The van der Waals surface area contributed by atoms with Crippen LogP contribution in [-0.4, -0.2) is 93.8 Å². The van der Waals surface area contributed by atoms with Crippen LogP contribution >= 0.6 is 11.8 Å². The maximum Gasteiger partial charge on any atom is 0.236 e. The summed E-state index contributed by atoms with van der Waals surface area (Å²) < 4.78 is 10.5. The van der Waals surface area contributed by atoms with Crippen LogP contribution in [0.5, 0.6) is 0 Å². The molecule has 1 fully saturated rings. The summed E-state index contributed by atoms with van der Waals surface area (Å²) in [4.78, 5) is 38.0. The Labute approximate surface area is 240 Å². The van der Waals surface area contributed by atoms with E-state index in [1.54, 1.807) is 18.9 Å². The molecule has 11 heteroatoms. The molecule has 4 rings (SSSR count). The summed E-state index contributed by atoms with van der Waals surface area (Å²) in [5.41, 5.74) is 2.64. The maximum absolute atomic E-state index is 13.3. The molecular weight excluding hydrogens is 528 g/mol. The van der Waals surface area contributed by atoms with Crippen molar-refractivity contribution in [2.75, 3.05) is 70.3 Å². The first kappa shape index (κ1) is 30.0. The van der Waals surface area contributed by atoms with E-state index in [2.05, 4.69) is 40.0 Å². The number of anilines is 2. The van der Waals surface area contributed by atoms with Gasteiger partial charge in [-0.05, 0) is 36.7 Å². The number of benzene rings is 1. The Balaban J connectivity index is 1.35. The Morgan fingerprint density at radius 3 is 2.85 bits per heavy atom. The van der Waals surface area contributed by atoms with Crippen molar-refractivity contribution in [3.05, 3.63) is 46.9 Å². The highest BCUT2D eigenvalue weighted by Crippen LogP contribution is 2.44. The number of nitrogens with zero attached hydrogens (tertiary/aromatic N) is 3. The van der Waals surface area contributed by atoms with E-state index in [4.69, 9.17) is 14.5 Å². The number of ether oxygens (including phenoxy) is 2. The standard InChI is InChI=1S/C29H40N6O4S/c1-21-24-20-32-29(31-12-4-3-9-25(24)40-27(21)28(37)35-14-17-39-18-15-35)34-23-8-5-7-22(19-23)33-26(36)10-13-30-11-6-16-38-2/h3,5,7-9,12,19,21,27,30H,4,6,10-11,13-18,20H2,1-2H3,(H,32,34)(H,33,36)/b9-3-,31-12-/t21-,27?/m0/s1. The van der Waals surface area contributed by atoms with Crippen LogP contribution in [0.4, 0.5) is 11.4 Å². The molecule has 3 aliphatic rings.